The van der Waals surface area contributed by atoms with Crippen LogP contribution in [-0.2, 0) is 14.8 Å². The molecule has 0 aromatic heterocycles. The third kappa shape index (κ3) is 5.99. The molecule has 0 bridgehead atoms. The van der Waals surface area contributed by atoms with E-state index in [1.165, 1.54) is 0 Å². The van der Waals surface area contributed by atoms with E-state index in [2.05, 4.69) is 17.6 Å². The van der Waals surface area contributed by atoms with Gasteiger partial charge in [0.15, 0.2) is 0 Å². The van der Waals surface area contributed by atoms with Crippen molar-refractivity contribution in [3.05, 3.63) is 0 Å². The van der Waals surface area contributed by atoms with E-state index in [4.69, 9.17) is 5.14 Å². The highest BCUT2D eigenvalue weighted by Gasteiger charge is 2.23. The van der Waals surface area contributed by atoms with E-state index in [-0.39, 0.29) is 17.6 Å². The second-order valence-electron chi connectivity index (χ2n) is 4.60. The molecular formula is C10H21N3O3S. The van der Waals surface area contributed by atoms with Crippen molar-refractivity contribution in [2.75, 3.05) is 18.8 Å². The van der Waals surface area contributed by atoms with E-state index in [0.29, 0.717) is 25.6 Å². The first-order valence-electron chi connectivity index (χ1n) is 5.90. The fraction of sp³-hybridized carbons (Fsp3) is 0.900. The predicted octanol–water partition coefficient (Wildman–Crippen LogP) is -0.831. The van der Waals surface area contributed by atoms with Gasteiger partial charge in [-0.1, -0.05) is 0 Å². The average Bonchev–Trinajstić information content (AvgIpc) is 2.24. The molecule has 0 aliphatic carbocycles. The van der Waals surface area contributed by atoms with Gasteiger partial charge in [-0.25, -0.2) is 13.6 Å². The third-order valence-corrected chi connectivity index (χ3v) is 3.79. The second-order valence-corrected chi connectivity index (χ2v) is 6.33. The number of nitrogens with two attached hydrogens (primary N) is 1. The van der Waals surface area contributed by atoms with E-state index < -0.39 is 10.0 Å². The van der Waals surface area contributed by atoms with E-state index in [1.54, 1.807) is 0 Å². The van der Waals surface area contributed by atoms with Crippen molar-refractivity contribution in [3.8, 4) is 0 Å². The summed E-state index contributed by atoms with van der Waals surface area (Å²) in [4.78, 5) is 11.7. The predicted molar refractivity (Wildman–Crippen MR) is 65.8 cm³/mol. The largest absolute Gasteiger partial charge is 0.356 e. The van der Waals surface area contributed by atoms with E-state index in [9.17, 15) is 13.2 Å². The van der Waals surface area contributed by atoms with Crippen molar-refractivity contribution in [1.29, 1.82) is 0 Å². The van der Waals surface area contributed by atoms with Crippen LogP contribution in [0.25, 0.3) is 0 Å². The first-order valence-corrected chi connectivity index (χ1v) is 7.61. The number of hydrogen-bond acceptors (Lipinski definition) is 4. The standard InChI is InChI=1S/C10H21N3O3S/c1-8-3-4-9(7-13-8)10(14)12-5-2-6-17(11,15)16/h8-9,13H,2-7H2,1H3,(H,12,14)(H2,11,15,16). The lowest BCUT2D eigenvalue weighted by atomic mass is 9.95. The number of amides is 1. The number of carbonyl (C=O) groups is 1. The molecule has 1 aliphatic rings. The first kappa shape index (κ1) is 14.4. The molecule has 0 aromatic carbocycles. The summed E-state index contributed by atoms with van der Waals surface area (Å²) >= 11 is 0. The van der Waals surface area contributed by atoms with Gasteiger partial charge in [0.25, 0.3) is 0 Å². The van der Waals surface area contributed by atoms with Crippen LogP contribution in [0.3, 0.4) is 0 Å². The zero-order valence-electron chi connectivity index (χ0n) is 10.1. The number of carbonyl (C=O) groups excluding carboxylic acids is 1. The van der Waals surface area contributed by atoms with Crippen LogP contribution in [0.2, 0.25) is 0 Å². The molecule has 0 radical (unpaired) electrons. The summed E-state index contributed by atoms with van der Waals surface area (Å²) in [5.74, 6) is -0.0905. The minimum atomic E-state index is -3.42. The van der Waals surface area contributed by atoms with Crippen LogP contribution in [0, 0.1) is 5.92 Å². The number of sulfonamides is 1. The van der Waals surface area contributed by atoms with E-state index >= 15 is 0 Å². The highest BCUT2D eigenvalue weighted by Crippen LogP contribution is 2.13. The number of rotatable bonds is 5. The molecular weight excluding hydrogens is 242 g/mol. The summed E-state index contributed by atoms with van der Waals surface area (Å²) in [5.41, 5.74) is 0. The van der Waals surface area contributed by atoms with Crippen LogP contribution >= 0.6 is 0 Å². The van der Waals surface area contributed by atoms with Gasteiger partial charge in [0.2, 0.25) is 15.9 Å². The van der Waals surface area contributed by atoms with Gasteiger partial charge in [0, 0.05) is 19.1 Å². The average molecular weight is 263 g/mol. The number of primary sulfonamides is 1. The van der Waals surface area contributed by atoms with Crippen LogP contribution in [0.15, 0.2) is 0 Å². The zero-order valence-corrected chi connectivity index (χ0v) is 10.9. The summed E-state index contributed by atoms with van der Waals surface area (Å²) < 4.78 is 21.3. The molecule has 4 N–H and O–H groups in total. The fourth-order valence-corrected chi connectivity index (χ4v) is 2.40. The Morgan fingerprint density at radius 1 is 1.47 bits per heavy atom. The molecule has 0 aromatic rings. The summed E-state index contributed by atoms with van der Waals surface area (Å²) in [6.07, 6.45) is 2.24. The molecule has 7 heteroatoms. The minimum absolute atomic E-state index is 0.000633. The van der Waals surface area contributed by atoms with E-state index in [0.717, 1.165) is 12.8 Å². The second kappa shape index (κ2) is 6.32. The summed E-state index contributed by atoms with van der Waals surface area (Å²) in [7, 11) is -3.42. The molecule has 1 aliphatic heterocycles. The van der Waals surface area contributed by atoms with Crippen molar-refractivity contribution in [2.45, 2.75) is 32.2 Å². The van der Waals surface area contributed by atoms with Gasteiger partial charge in [-0.3, -0.25) is 4.79 Å². The Morgan fingerprint density at radius 3 is 2.71 bits per heavy atom. The number of nitrogens with one attached hydrogen (secondary N) is 2. The van der Waals surface area contributed by atoms with Gasteiger partial charge in [-0.15, -0.1) is 0 Å². The molecule has 2 unspecified atom stereocenters. The maximum atomic E-state index is 11.7. The maximum Gasteiger partial charge on any atom is 0.224 e. The number of hydrogen-bond donors (Lipinski definition) is 3. The summed E-state index contributed by atoms with van der Waals surface area (Å²) in [5, 5.41) is 10.9. The third-order valence-electron chi connectivity index (χ3n) is 2.94. The number of piperidine rings is 1. The highest BCUT2D eigenvalue weighted by molar-refractivity contribution is 7.89. The van der Waals surface area contributed by atoms with Crippen molar-refractivity contribution < 1.29 is 13.2 Å². The maximum absolute atomic E-state index is 11.7. The Hall–Kier alpha value is -0.660. The lowest BCUT2D eigenvalue weighted by molar-refractivity contribution is -0.125. The Morgan fingerprint density at radius 2 is 2.18 bits per heavy atom. The normalized spacial score (nSPS) is 25.5. The van der Waals surface area contributed by atoms with Crippen molar-refractivity contribution in [3.63, 3.8) is 0 Å². The summed E-state index contributed by atoms with van der Waals surface area (Å²) in [6, 6.07) is 0.474. The molecule has 0 saturated carbocycles. The van der Waals surface area contributed by atoms with Gasteiger partial charge in [-0.2, -0.15) is 0 Å². The Labute approximate surface area is 102 Å². The zero-order chi connectivity index (χ0) is 12.9. The fourth-order valence-electron chi connectivity index (χ4n) is 1.85. The Kier molecular flexibility index (Phi) is 5.35. The molecule has 17 heavy (non-hydrogen) atoms. The lowest BCUT2D eigenvalue weighted by Crippen LogP contribution is -2.44. The molecule has 0 spiro atoms. The molecule has 6 nitrogen and oxygen atoms in total. The van der Waals surface area contributed by atoms with Crippen molar-refractivity contribution >= 4 is 15.9 Å². The molecule has 1 heterocycles. The molecule has 100 valence electrons. The van der Waals surface area contributed by atoms with Gasteiger partial charge in [-0.05, 0) is 26.2 Å². The summed E-state index contributed by atoms with van der Waals surface area (Å²) in [6.45, 7) is 3.16. The van der Waals surface area contributed by atoms with Crippen LogP contribution in [0.1, 0.15) is 26.2 Å². The van der Waals surface area contributed by atoms with Crippen molar-refractivity contribution in [1.82, 2.24) is 10.6 Å². The van der Waals surface area contributed by atoms with Gasteiger partial charge in [0.1, 0.15) is 0 Å². The lowest BCUT2D eigenvalue weighted by Gasteiger charge is -2.26. The minimum Gasteiger partial charge on any atom is -0.356 e. The highest BCUT2D eigenvalue weighted by atomic mass is 32.2. The molecule has 2 atom stereocenters. The van der Waals surface area contributed by atoms with Gasteiger partial charge >= 0.3 is 0 Å². The molecule has 1 fully saturated rings. The quantitative estimate of drug-likeness (QED) is 0.563. The first-order chi connectivity index (χ1) is 7.88. The Balaban J connectivity index is 2.17. The van der Waals surface area contributed by atoms with E-state index in [1.807, 2.05) is 0 Å². The van der Waals surface area contributed by atoms with Crippen LogP contribution in [0.5, 0.6) is 0 Å². The Bertz CT molecular complexity index is 348. The molecule has 1 amide bonds. The van der Waals surface area contributed by atoms with Gasteiger partial charge < -0.3 is 10.6 Å². The van der Waals surface area contributed by atoms with Gasteiger partial charge in [0.05, 0.1) is 11.7 Å². The smallest absolute Gasteiger partial charge is 0.224 e. The monoisotopic (exact) mass is 263 g/mol. The van der Waals surface area contributed by atoms with Crippen molar-refractivity contribution in [2.24, 2.45) is 11.1 Å². The molecule has 1 saturated heterocycles. The van der Waals surface area contributed by atoms with Crippen LogP contribution in [0.4, 0.5) is 0 Å². The van der Waals surface area contributed by atoms with Crippen LogP contribution in [-0.4, -0.2) is 39.2 Å². The molecule has 1 rings (SSSR count). The van der Waals surface area contributed by atoms with Crippen LogP contribution < -0.4 is 15.8 Å². The SMILES string of the molecule is CC1CCC(C(=O)NCCCS(N)(=O)=O)CN1. The topological polar surface area (TPSA) is 101 Å².